The van der Waals surface area contributed by atoms with Gasteiger partial charge >= 0.3 is 58.2 Å². The molecule has 0 aromatic rings. The predicted molar refractivity (Wildman–Crippen MR) is 81.7 cm³/mol. The van der Waals surface area contributed by atoms with Gasteiger partial charge < -0.3 is 15.8 Å². The van der Waals surface area contributed by atoms with Crippen LogP contribution in [0.5, 0.6) is 0 Å². The smallest absolute Gasteiger partial charge is 0.693 e. The molecule has 0 saturated carbocycles. The van der Waals surface area contributed by atoms with Crippen LogP contribution in [0, 0.1) is 0 Å². The maximum absolute atomic E-state index is 11.3. The van der Waals surface area contributed by atoms with Gasteiger partial charge in [-0.1, -0.05) is 6.54 Å². The Morgan fingerprint density at radius 2 is 1.14 bits per heavy atom. The van der Waals surface area contributed by atoms with Crippen molar-refractivity contribution < 1.29 is 72.6 Å². The van der Waals surface area contributed by atoms with E-state index in [-0.39, 0.29) is 82.4 Å². The van der Waals surface area contributed by atoms with Crippen molar-refractivity contribution >= 4 is 17.9 Å². The van der Waals surface area contributed by atoms with Crippen LogP contribution < -0.4 is 58.2 Å². The predicted octanol–water partition coefficient (Wildman–Crippen LogP) is -3.09. The van der Waals surface area contributed by atoms with E-state index in [1.165, 1.54) is 0 Å². The fourth-order valence-electron chi connectivity index (χ4n) is 2.38. The maximum Gasteiger partial charge on any atom is 1.00 e. The minimum Gasteiger partial charge on any atom is -0.693 e. The summed E-state index contributed by atoms with van der Waals surface area (Å²) in [5.74, 6) is 0.270. The number of nitrogens with zero attached hydrogens (tertiary/aromatic N) is 3. The normalized spacial score (nSPS) is 18.1. The van der Waals surface area contributed by atoms with Crippen LogP contribution in [-0.2, 0) is 14.4 Å². The van der Waals surface area contributed by atoms with Crippen LogP contribution in [0.25, 0.3) is 6.15 Å². The van der Waals surface area contributed by atoms with Crippen LogP contribution in [0.15, 0.2) is 0 Å². The SMILES string of the molecule is CC(=O)CN1CCN(C[C-]=O)CCN(CC(C)=O)CC1.[NH2-].[Rb+]. The largest absolute Gasteiger partial charge is 1.00 e. The zero-order chi connectivity index (χ0) is 15.0. The van der Waals surface area contributed by atoms with Crippen molar-refractivity contribution in [3.63, 3.8) is 0 Å². The van der Waals surface area contributed by atoms with E-state index in [4.69, 9.17) is 0 Å². The van der Waals surface area contributed by atoms with Crippen molar-refractivity contribution in [2.75, 3.05) is 58.9 Å². The molecule has 1 aliphatic heterocycles. The number of hydrogen-bond acceptors (Lipinski definition) is 6. The van der Waals surface area contributed by atoms with Gasteiger partial charge in [0.1, 0.15) is 11.6 Å². The molecule has 1 heterocycles. The molecule has 22 heavy (non-hydrogen) atoms. The number of rotatable bonds is 6. The van der Waals surface area contributed by atoms with Gasteiger partial charge in [0.05, 0.1) is 13.1 Å². The second-order valence-corrected chi connectivity index (χ2v) is 5.38. The van der Waals surface area contributed by atoms with Crippen LogP contribution in [-0.4, -0.2) is 91.5 Å². The number of Topliss-reactive ketones (excluding diaryl/α,β-unsaturated/α-hetero) is 2. The van der Waals surface area contributed by atoms with Gasteiger partial charge in [0.15, 0.2) is 0 Å². The van der Waals surface area contributed by atoms with E-state index in [1.54, 1.807) is 13.8 Å². The zero-order valence-electron chi connectivity index (χ0n) is 14.0. The fraction of sp³-hybridized carbons (Fsp3) is 0.786. The monoisotopic (exact) mass is 383 g/mol. The maximum atomic E-state index is 11.3. The molecule has 2 N–H and O–H groups in total. The third-order valence-corrected chi connectivity index (χ3v) is 3.38. The van der Waals surface area contributed by atoms with Crippen LogP contribution >= 0.6 is 0 Å². The molecule has 0 aliphatic carbocycles. The summed E-state index contributed by atoms with van der Waals surface area (Å²) in [6, 6.07) is 0. The summed E-state index contributed by atoms with van der Waals surface area (Å²) in [6.07, 6.45) is 1.92. The van der Waals surface area contributed by atoms with Gasteiger partial charge in [-0.2, -0.15) is 0 Å². The Morgan fingerprint density at radius 1 is 0.818 bits per heavy atom. The van der Waals surface area contributed by atoms with Crippen molar-refractivity contribution in [2.24, 2.45) is 0 Å². The molecule has 0 amide bonds. The Balaban J connectivity index is 0. The minimum atomic E-state index is 0. The summed E-state index contributed by atoms with van der Waals surface area (Å²) in [6.45, 7) is 8.84. The summed E-state index contributed by atoms with van der Waals surface area (Å²) in [4.78, 5) is 39.3. The third-order valence-electron chi connectivity index (χ3n) is 3.38. The Hall–Kier alpha value is 0.655. The van der Waals surface area contributed by atoms with Gasteiger partial charge in [0.2, 0.25) is 0 Å². The number of nitrogens with two attached hydrogens (primary N) is 1. The molecule has 1 saturated heterocycles. The first kappa shape index (κ1) is 24.9. The van der Waals surface area contributed by atoms with E-state index >= 15 is 0 Å². The van der Waals surface area contributed by atoms with E-state index in [0.717, 1.165) is 39.3 Å². The molecular weight excluding hydrogens is 358 g/mol. The summed E-state index contributed by atoms with van der Waals surface area (Å²) in [7, 11) is 0. The second-order valence-electron chi connectivity index (χ2n) is 5.38. The zero-order valence-corrected chi connectivity index (χ0v) is 18.9. The Bertz CT molecular complexity index is 327. The van der Waals surface area contributed by atoms with Crippen molar-refractivity contribution in [3.8, 4) is 0 Å². The average molecular weight is 384 g/mol. The number of carbonyl (C=O) groups excluding carboxylic acids is 3. The first-order valence-corrected chi connectivity index (χ1v) is 7.02. The van der Waals surface area contributed by atoms with Crippen LogP contribution in [0.1, 0.15) is 13.8 Å². The van der Waals surface area contributed by atoms with Crippen LogP contribution in [0.2, 0.25) is 0 Å². The number of hydrogen-bond donors (Lipinski definition) is 0. The molecule has 0 aromatic carbocycles. The van der Waals surface area contributed by atoms with Gasteiger partial charge in [-0.05, 0) is 13.8 Å². The van der Waals surface area contributed by atoms with Crippen molar-refractivity contribution in [1.29, 1.82) is 0 Å². The molecule has 7 nitrogen and oxygen atoms in total. The summed E-state index contributed by atoms with van der Waals surface area (Å²) in [5, 5.41) is 0. The van der Waals surface area contributed by atoms with Gasteiger partial charge in [0.25, 0.3) is 0 Å². The van der Waals surface area contributed by atoms with E-state index in [2.05, 4.69) is 9.80 Å². The fourth-order valence-corrected chi connectivity index (χ4v) is 2.38. The van der Waals surface area contributed by atoms with Gasteiger partial charge in [-0.3, -0.25) is 19.4 Å². The summed E-state index contributed by atoms with van der Waals surface area (Å²) >= 11 is 0. The minimum absolute atomic E-state index is 0. The molecule has 0 bridgehead atoms. The van der Waals surface area contributed by atoms with E-state index in [9.17, 15) is 14.4 Å². The Morgan fingerprint density at radius 3 is 1.41 bits per heavy atom. The molecule has 1 rings (SSSR count). The topological polar surface area (TPSA) is 94.4 Å². The molecule has 0 aromatic heterocycles. The third kappa shape index (κ3) is 11.2. The van der Waals surface area contributed by atoms with E-state index in [1.807, 2.05) is 11.2 Å². The standard InChI is InChI=1S/C14H24N3O3.H2N.Rb/c1-13(19)11-16-5-3-15(9-10-18)4-6-17(8-7-16)12-14(2)20;;/h3-9,11-12H2,1-2H3;1H2;/q2*-1;+1. The molecule has 1 aliphatic rings. The molecule has 8 heteroatoms. The molecule has 1 fully saturated rings. The van der Waals surface area contributed by atoms with Crippen molar-refractivity contribution in [2.45, 2.75) is 13.8 Å². The average Bonchev–Trinajstić information content (AvgIpc) is 2.43. The first-order valence-electron chi connectivity index (χ1n) is 7.02. The molecule has 0 spiro atoms. The molecular formula is C14H26N4O3Rb-. The molecule has 0 unspecified atom stereocenters. The van der Waals surface area contributed by atoms with Crippen molar-refractivity contribution in [1.82, 2.24) is 14.7 Å². The van der Waals surface area contributed by atoms with Gasteiger partial charge in [-0.25, -0.2) is 6.29 Å². The molecule has 122 valence electrons. The van der Waals surface area contributed by atoms with E-state index < -0.39 is 0 Å². The summed E-state index contributed by atoms with van der Waals surface area (Å²) < 4.78 is 0. The van der Waals surface area contributed by atoms with Crippen molar-refractivity contribution in [3.05, 3.63) is 6.15 Å². The quantitative estimate of drug-likeness (QED) is 0.451. The summed E-state index contributed by atoms with van der Waals surface area (Å²) in [5.41, 5.74) is 0. The van der Waals surface area contributed by atoms with Gasteiger partial charge in [0, 0.05) is 39.3 Å². The first-order chi connectivity index (χ1) is 9.51. The van der Waals surface area contributed by atoms with Crippen LogP contribution in [0.3, 0.4) is 0 Å². The Labute approximate surface area is 182 Å². The van der Waals surface area contributed by atoms with Gasteiger partial charge in [-0.15, -0.1) is 0 Å². The molecule has 0 atom stereocenters. The number of ketones is 2. The van der Waals surface area contributed by atoms with E-state index in [0.29, 0.717) is 13.1 Å². The number of carbonyl (C=O) groups is 2. The molecule has 0 radical (unpaired) electrons. The second kappa shape index (κ2) is 14.0. The Kier molecular flexibility index (Phi) is 15.9. The van der Waals surface area contributed by atoms with Crippen LogP contribution in [0.4, 0.5) is 0 Å².